The topological polar surface area (TPSA) is 15.3 Å². The van der Waals surface area contributed by atoms with Crippen LogP contribution < -0.4 is 5.32 Å². The third-order valence-corrected chi connectivity index (χ3v) is 4.28. The van der Waals surface area contributed by atoms with Gasteiger partial charge >= 0.3 is 0 Å². The lowest BCUT2D eigenvalue weighted by Crippen LogP contribution is -2.36. The van der Waals surface area contributed by atoms with Gasteiger partial charge < -0.3 is 10.2 Å². The Kier molecular flexibility index (Phi) is 5.00. The standard InChI is InChI=1S/C17H28N2/c1-13-10-14(2)17(15(3)11-13)7-9-19(4)12-16-6-5-8-18-16/h10-11,16,18H,5-9,12H2,1-4H3. The predicted molar refractivity (Wildman–Crippen MR) is 82.9 cm³/mol. The van der Waals surface area contributed by atoms with Crippen LogP contribution in [-0.2, 0) is 6.42 Å². The molecule has 1 aromatic carbocycles. The van der Waals surface area contributed by atoms with Crippen molar-refractivity contribution >= 4 is 0 Å². The maximum atomic E-state index is 3.57. The fourth-order valence-electron chi connectivity index (χ4n) is 3.29. The molecule has 0 radical (unpaired) electrons. The second kappa shape index (κ2) is 6.53. The molecule has 106 valence electrons. The van der Waals surface area contributed by atoms with Gasteiger partial charge in [0.25, 0.3) is 0 Å². The lowest BCUT2D eigenvalue weighted by molar-refractivity contribution is 0.303. The minimum atomic E-state index is 0.713. The molecule has 1 fully saturated rings. The van der Waals surface area contributed by atoms with Crippen LogP contribution in [0.25, 0.3) is 0 Å². The van der Waals surface area contributed by atoms with Crippen molar-refractivity contribution in [1.82, 2.24) is 10.2 Å². The van der Waals surface area contributed by atoms with E-state index in [0.717, 1.165) is 6.54 Å². The summed E-state index contributed by atoms with van der Waals surface area (Å²) in [6.07, 6.45) is 3.85. The van der Waals surface area contributed by atoms with E-state index in [2.05, 4.69) is 50.2 Å². The molecule has 19 heavy (non-hydrogen) atoms. The van der Waals surface area contributed by atoms with E-state index >= 15 is 0 Å². The molecular formula is C17H28N2. The number of nitrogens with one attached hydrogen (secondary N) is 1. The maximum Gasteiger partial charge on any atom is 0.0195 e. The number of aryl methyl sites for hydroxylation is 3. The lowest BCUT2D eigenvalue weighted by Gasteiger charge is -2.22. The smallest absolute Gasteiger partial charge is 0.0195 e. The second-order valence-electron chi connectivity index (χ2n) is 6.18. The molecule has 2 rings (SSSR count). The third-order valence-electron chi connectivity index (χ3n) is 4.28. The van der Waals surface area contributed by atoms with E-state index in [1.54, 1.807) is 0 Å². The molecule has 0 aromatic heterocycles. The first-order chi connectivity index (χ1) is 9.06. The second-order valence-corrected chi connectivity index (χ2v) is 6.18. The molecule has 1 heterocycles. The Hall–Kier alpha value is -0.860. The predicted octanol–water partition coefficient (Wildman–Crippen LogP) is 2.84. The number of rotatable bonds is 5. The molecule has 0 aliphatic carbocycles. The number of hydrogen-bond acceptors (Lipinski definition) is 2. The van der Waals surface area contributed by atoms with Crippen molar-refractivity contribution in [1.29, 1.82) is 0 Å². The van der Waals surface area contributed by atoms with Crippen LogP contribution in [0.5, 0.6) is 0 Å². The Bertz CT molecular complexity index is 396. The summed E-state index contributed by atoms with van der Waals surface area (Å²) in [5, 5.41) is 3.57. The molecule has 1 saturated heterocycles. The number of hydrogen-bond donors (Lipinski definition) is 1. The summed E-state index contributed by atoms with van der Waals surface area (Å²) >= 11 is 0. The summed E-state index contributed by atoms with van der Waals surface area (Å²) < 4.78 is 0. The highest BCUT2D eigenvalue weighted by molar-refractivity contribution is 5.37. The van der Waals surface area contributed by atoms with Gasteiger partial charge in [-0.05, 0) is 70.3 Å². The Morgan fingerprint density at radius 3 is 2.47 bits per heavy atom. The van der Waals surface area contributed by atoms with Crippen LogP contribution in [0.4, 0.5) is 0 Å². The minimum absolute atomic E-state index is 0.713. The van der Waals surface area contributed by atoms with Gasteiger partial charge in [0.15, 0.2) is 0 Å². The molecule has 1 unspecified atom stereocenters. The Morgan fingerprint density at radius 1 is 1.21 bits per heavy atom. The molecule has 2 nitrogen and oxygen atoms in total. The molecule has 0 saturated carbocycles. The van der Waals surface area contributed by atoms with E-state index in [0.29, 0.717) is 6.04 Å². The molecule has 1 aliphatic heterocycles. The van der Waals surface area contributed by atoms with Crippen LogP contribution in [0.3, 0.4) is 0 Å². The number of benzene rings is 1. The van der Waals surface area contributed by atoms with Crippen molar-refractivity contribution in [3.8, 4) is 0 Å². The Morgan fingerprint density at radius 2 is 1.89 bits per heavy atom. The molecule has 1 aliphatic rings. The van der Waals surface area contributed by atoms with Gasteiger partial charge in [-0.25, -0.2) is 0 Å². The van der Waals surface area contributed by atoms with Gasteiger partial charge in [0, 0.05) is 19.1 Å². The SMILES string of the molecule is Cc1cc(C)c(CCN(C)CC2CCCN2)c(C)c1. The highest BCUT2D eigenvalue weighted by Crippen LogP contribution is 2.17. The molecule has 1 atom stereocenters. The van der Waals surface area contributed by atoms with Crippen molar-refractivity contribution in [3.63, 3.8) is 0 Å². The normalized spacial score (nSPS) is 19.3. The van der Waals surface area contributed by atoms with E-state index in [9.17, 15) is 0 Å². The summed E-state index contributed by atoms with van der Waals surface area (Å²) in [4.78, 5) is 2.47. The van der Waals surface area contributed by atoms with Crippen LogP contribution in [0.1, 0.15) is 35.1 Å². The quantitative estimate of drug-likeness (QED) is 0.876. The van der Waals surface area contributed by atoms with Crippen molar-refractivity contribution in [2.75, 3.05) is 26.7 Å². The van der Waals surface area contributed by atoms with Crippen molar-refractivity contribution in [2.45, 2.75) is 46.1 Å². The number of nitrogens with zero attached hydrogens (tertiary/aromatic N) is 1. The first kappa shape index (κ1) is 14.5. The summed E-state index contributed by atoms with van der Waals surface area (Å²) in [6, 6.07) is 5.33. The zero-order valence-corrected chi connectivity index (χ0v) is 12.9. The zero-order valence-electron chi connectivity index (χ0n) is 12.9. The molecule has 0 spiro atoms. The average Bonchev–Trinajstić information content (AvgIpc) is 2.80. The molecule has 1 N–H and O–H groups in total. The molecule has 0 amide bonds. The molecular weight excluding hydrogens is 232 g/mol. The lowest BCUT2D eigenvalue weighted by atomic mass is 9.97. The van der Waals surface area contributed by atoms with Gasteiger partial charge in [-0.2, -0.15) is 0 Å². The van der Waals surface area contributed by atoms with Crippen molar-refractivity contribution in [2.24, 2.45) is 0 Å². The maximum absolute atomic E-state index is 3.57. The summed E-state index contributed by atoms with van der Waals surface area (Å²) in [5.41, 5.74) is 5.81. The van der Waals surface area contributed by atoms with Gasteiger partial charge in [-0.3, -0.25) is 0 Å². The van der Waals surface area contributed by atoms with E-state index in [4.69, 9.17) is 0 Å². The van der Waals surface area contributed by atoms with Gasteiger partial charge in [-0.15, -0.1) is 0 Å². The van der Waals surface area contributed by atoms with Crippen molar-refractivity contribution in [3.05, 3.63) is 34.4 Å². The molecule has 0 bridgehead atoms. The summed E-state index contributed by atoms with van der Waals surface area (Å²) in [6.45, 7) is 10.2. The monoisotopic (exact) mass is 260 g/mol. The van der Waals surface area contributed by atoms with E-state index in [1.165, 1.54) is 54.6 Å². The van der Waals surface area contributed by atoms with E-state index in [1.807, 2.05) is 0 Å². The Labute approximate surface area is 118 Å². The fraction of sp³-hybridized carbons (Fsp3) is 0.647. The first-order valence-corrected chi connectivity index (χ1v) is 7.55. The van der Waals surface area contributed by atoms with Crippen LogP contribution in [0.2, 0.25) is 0 Å². The van der Waals surface area contributed by atoms with Gasteiger partial charge in [0.1, 0.15) is 0 Å². The highest BCUT2D eigenvalue weighted by Gasteiger charge is 2.15. The highest BCUT2D eigenvalue weighted by atomic mass is 15.1. The Balaban J connectivity index is 1.87. The fourth-order valence-corrected chi connectivity index (χ4v) is 3.29. The van der Waals surface area contributed by atoms with Crippen LogP contribution >= 0.6 is 0 Å². The summed E-state index contributed by atoms with van der Waals surface area (Å²) in [7, 11) is 2.25. The van der Waals surface area contributed by atoms with Gasteiger partial charge in [0.2, 0.25) is 0 Å². The zero-order chi connectivity index (χ0) is 13.8. The molecule has 1 aromatic rings. The number of likely N-dealkylation sites (N-methyl/N-ethyl adjacent to an activating group) is 1. The first-order valence-electron chi connectivity index (χ1n) is 7.55. The van der Waals surface area contributed by atoms with Gasteiger partial charge in [-0.1, -0.05) is 17.7 Å². The van der Waals surface area contributed by atoms with Crippen LogP contribution in [-0.4, -0.2) is 37.6 Å². The third kappa shape index (κ3) is 4.05. The summed E-state index contributed by atoms with van der Waals surface area (Å²) in [5.74, 6) is 0. The van der Waals surface area contributed by atoms with Crippen molar-refractivity contribution < 1.29 is 0 Å². The van der Waals surface area contributed by atoms with E-state index < -0.39 is 0 Å². The largest absolute Gasteiger partial charge is 0.313 e. The van der Waals surface area contributed by atoms with Crippen LogP contribution in [0, 0.1) is 20.8 Å². The van der Waals surface area contributed by atoms with E-state index in [-0.39, 0.29) is 0 Å². The van der Waals surface area contributed by atoms with Crippen LogP contribution in [0.15, 0.2) is 12.1 Å². The average molecular weight is 260 g/mol. The molecule has 2 heteroatoms. The minimum Gasteiger partial charge on any atom is -0.313 e. The van der Waals surface area contributed by atoms with Gasteiger partial charge in [0.05, 0.1) is 0 Å².